The predicted octanol–water partition coefficient (Wildman–Crippen LogP) is 1.20. The Morgan fingerprint density at radius 1 is 1.79 bits per heavy atom. The summed E-state index contributed by atoms with van der Waals surface area (Å²) < 4.78 is 0. The Labute approximate surface area is 87.0 Å². The molecule has 0 N–H and O–H groups in total. The van der Waals surface area contributed by atoms with Crippen molar-refractivity contribution in [2.45, 2.75) is 24.0 Å². The van der Waals surface area contributed by atoms with E-state index in [1.54, 1.807) is 22.9 Å². The number of oxime groups is 1. The van der Waals surface area contributed by atoms with E-state index >= 15 is 0 Å². The van der Waals surface area contributed by atoms with Crippen molar-refractivity contribution in [3.63, 3.8) is 0 Å². The monoisotopic (exact) mass is 212 g/mol. The highest BCUT2D eigenvalue weighted by molar-refractivity contribution is 8.00. The molecule has 0 unspecified atom stereocenters. The lowest BCUT2D eigenvalue weighted by Crippen LogP contribution is -2.50. The molecule has 0 aromatic carbocycles. The first kappa shape index (κ1) is 9.58. The summed E-state index contributed by atoms with van der Waals surface area (Å²) >= 11 is 1.79. The van der Waals surface area contributed by atoms with Crippen LogP contribution in [0.2, 0.25) is 0 Å². The number of rotatable bonds is 2. The lowest BCUT2D eigenvalue weighted by Gasteiger charge is -2.42. The number of β-lactam (4-membered cyclic amide) rings is 1. The number of fused-ring (bicyclic) bond motifs is 1. The zero-order chi connectivity index (χ0) is 10.1. The molecule has 2 rings (SSSR count). The van der Waals surface area contributed by atoms with Gasteiger partial charge in [0.1, 0.15) is 7.11 Å². The fraction of sp³-hybridized carbons (Fsp3) is 0.556. The number of carbonyl (C=O) groups excluding carboxylic acids is 1. The average molecular weight is 212 g/mol. The minimum Gasteiger partial charge on any atom is -0.399 e. The zero-order valence-corrected chi connectivity index (χ0v) is 8.95. The number of carbonyl (C=O) groups is 1. The molecule has 0 aromatic rings. The van der Waals surface area contributed by atoms with Crippen LogP contribution in [0.5, 0.6) is 0 Å². The quantitative estimate of drug-likeness (QED) is 0.392. The highest BCUT2D eigenvalue weighted by Gasteiger charge is 2.39. The molecule has 1 saturated heterocycles. The van der Waals surface area contributed by atoms with Crippen molar-refractivity contribution in [3.8, 4) is 0 Å². The predicted molar refractivity (Wildman–Crippen MR) is 55.9 cm³/mol. The van der Waals surface area contributed by atoms with E-state index in [1.165, 1.54) is 7.11 Å². The first-order valence-electron chi connectivity index (χ1n) is 4.47. The molecule has 2 atom stereocenters. The van der Waals surface area contributed by atoms with E-state index in [1.807, 2.05) is 6.20 Å². The topological polar surface area (TPSA) is 41.9 Å². The second kappa shape index (κ2) is 3.65. The van der Waals surface area contributed by atoms with Crippen LogP contribution in [0.4, 0.5) is 0 Å². The molecule has 0 aliphatic carbocycles. The van der Waals surface area contributed by atoms with Gasteiger partial charge in [0.15, 0.2) is 0 Å². The third kappa shape index (κ3) is 1.52. The fourth-order valence-corrected chi connectivity index (χ4v) is 2.80. The van der Waals surface area contributed by atoms with Gasteiger partial charge in [0.2, 0.25) is 5.91 Å². The maximum Gasteiger partial charge on any atom is 0.230 e. The van der Waals surface area contributed by atoms with Crippen LogP contribution in [-0.2, 0) is 9.63 Å². The summed E-state index contributed by atoms with van der Waals surface area (Å²) in [4.78, 5) is 17.6. The Bertz CT molecular complexity index is 314. The minimum absolute atomic E-state index is 0.192. The Morgan fingerprint density at radius 3 is 3.21 bits per heavy atom. The van der Waals surface area contributed by atoms with Crippen LogP contribution < -0.4 is 0 Å². The van der Waals surface area contributed by atoms with Crippen molar-refractivity contribution >= 4 is 23.9 Å². The summed E-state index contributed by atoms with van der Waals surface area (Å²) in [6.07, 6.45) is 4.21. The standard InChI is InChI=1S/C9H12N2O2S/c1-6-7(4-10-13-2)5-11-8(12)3-9(11)14-6/h4-6,9H,3H2,1-2H3/b10-4+/t6-,9-/m1/s1. The zero-order valence-electron chi connectivity index (χ0n) is 8.14. The Hall–Kier alpha value is -0.970. The van der Waals surface area contributed by atoms with Crippen LogP contribution in [0.1, 0.15) is 13.3 Å². The van der Waals surface area contributed by atoms with Gasteiger partial charge in [0, 0.05) is 17.0 Å². The second-order valence-corrected chi connectivity index (χ2v) is 4.81. The number of thioether (sulfide) groups is 1. The van der Waals surface area contributed by atoms with Gasteiger partial charge in [-0.2, -0.15) is 0 Å². The van der Waals surface area contributed by atoms with Gasteiger partial charge in [-0.3, -0.25) is 4.79 Å². The third-order valence-corrected chi connectivity index (χ3v) is 3.76. The number of hydrogen-bond donors (Lipinski definition) is 0. The molecule has 14 heavy (non-hydrogen) atoms. The van der Waals surface area contributed by atoms with Gasteiger partial charge in [0.25, 0.3) is 0 Å². The van der Waals surface area contributed by atoms with E-state index < -0.39 is 0 Å². The molecule has 5 heteroatoms. The van der Waals surface area contributed by atoms with Gasteiger partial charge >= 0.3 is 0 Å². The largest absolute Gasteiger partial charge is 0.399 e. The van der Waals surface area contributed by atoms with Gasteiger partial charge in [-0.25, -0.2) is 0 Å². The van der Waals surface area contributed by atoms with Crippen LogP contribution in [-0.4, -0.2) is 34.8 Å². The van der Waals surface area contributed by atoms with Crippen LogP contribution in [0, 0.1) is 0 Å². The van der Waals surface area contributed by atoms with Crippen molar-refractivity contribution in [1.29, 1.82) is 0 Å². The number of amides is 1. The van der Waals surface area contributed by atoms with Gasteiger partial charge in [-0.1, -0.05) is 5.16 Å². The van der Waals surface area contributed by atoms with E-state index in [9.17, 15) is 4.79 Å². The van der Waals surface area contributed by atoms with E-state index in [2.05, 4.69) is 16.9 Å². The van der Waals surface area contributed by atoms with Crippen LogP contribution in [0.25, 0.3) is 0 Å². The molecule has 0 bridgehead atoms. The maximum atomic E-state index is 11.2. The number of hydrogen-bond acceptors (Lipinski definition) is 4. The van der Waals surface area contributed by atoms with Crippen molar-refractivity contribution in [1.82, 2.24) is 4.90 Å². The smallest absolute Gasteiger partial charge is 0.230 e. The molecule has 4 nitrogen and oxygen atoms in total. The van der Waals surface area contributed by atoms with Gasteiger partial charge < -0.3 is 9.74 Å². The summed E-state index contributed by atoms with van der Waals surface area (Å²) in [5.74, 6) is 0.192. The van der Waals surface area contributed by atoms with Gasteiger partial charge in [-0.15, -0.1) is 11.8 Å². The Balaban J connectivity index is 2.14. The first-order valence-corrected chi connectivity index (χ1v) is 5.41. The highest BCUT2D eigenvalue weighted by Crippen LogP contribution is 2.39. The van der Waals surface area contributed by atoms with E-state index in [-0.39, 0.29) is 5.91 Å². The second-order valence-electron chi connectivity index (χ2n) is 3.28. The van der Waals surface area contributed by atoms with Crippen molar-refractivity contribution in [2.24, 2.45) is 5.16 Å². The number of nitrogens with zero attached hydrogens (tertiary/aromatic N) is 2. The first-order chi connectivity index (χ1) is 6.72. The van der Waals surface area contributed by atoms with Crippen molar-refractivity contribution in [2.75, 3.05) is 7.11 Å². The Morgan fingerprint density at radius 2 is 2.57 bits per heavy atom. The Kier molecular flexibility index (Phi) is 2.50. The van der Waals surface area contributed by atoms with Crippen molar-refractivity contribution in [3.05, 3.63) is 11.8 Å². The van der Waals surface area contributed by atoms with E-state index in [4.69, 9.17) is 0 Å². The molecule has 2 heterocycles. The van der Waals surface area contributed by atoms with Gasteiger partial charge in [0.05, 0.1) is 18.0 Å². The van der Waals surface area contributed by atoms with Crippen LogP contribution in [0.3, 0.4) is 0 Å². The summed E-state index contributed by atoms with van der Waals surface area (Å²) in [7, 11) is 1.51. The molecule has 0 radical (unpaired) electrons. The summed E-state index contributed by atoms with van der Waals surface area (Å²) in [5.41, 5.74) is 1.03. The summed E-state index contributed by atoms with van der Waals surface area (Å²) in [6.45, 7) is 2.11. The molecule has 1 fully saturated rings. The molecular formula is C9H12N2O2S. The summed E-state index contributed by atoms with van der Waals surface area (Å²) in [5, 5.41) is 4.43. The van der Waals surface area contributed by atoms with Crippen LogP contribution >= 0.6 is 11.8 Å². The van der Waals surface area contributed by atoms with E-state index in [0.29, 0.717) is 17.0 Å². The lowest BCUT2D eigenvalue weighted by atomic mass is 10.1. The minimum atomic E-state index is 0.192. The van der Waals surface area contributed by atoms with Gasteiger partial charge in [-0.05, 0) is 6.92 Å². The molecule has 1 amide bonds. The van der Waals surface area contributed by atoms with Crippen LogP contribution in [0.15, 0.2) is 16.9 Å². The molecular weight excluding hydrogens is 200 g/mol. The fourth-order valence-electron chi connectivity index (χ4n) is 1.50. The summed E-state index contributed by atoms with van der Waals surface area (Å²) in [6, 6.07) is 0. The molecule has 2 aliphatic heterocycles. The third-order valence-electron chi connectivity index (χ3n) is 2.37. The molecule has 0 aromatic heterocycles. The lowest BCUT2D eigenvalue weighted by molar-refractivity contribution is -0.137. The SMILES string of the molecule is CO/N=C/C1=CN2C(=O)C[C@H]2S[C@@H]1C. The maximum absolute atomic E-state index is 11.2. The molecule has 2 aliphatic rings. The van der Waals surface area contributed by atoms with E-state index in [0.717, 1.165) is 5.57 Å². The highest BCUT2D eigenvalue weighted by atomic mass is 32.2. The molecule has 76 valence electrons. The average Bonchev–Trinajstić information content (AvgIpc) is 2.16. The normalized spacial score (nSPS) is 31.1. The molecule has 0 spiro atoms. The van der Waals surface area contributed by atoms with Crippen molar-refractivity contribution < 1.29 is 9.63 Å². The molecule has 0 saturated carbocycles.